The van der Waals surface area contributed by atoms with Gasteiger partial charge >= 0.3 is 0 Å². The van der Waals surface area contributed by atoms with E-state index in [0.717, 1.165) is 44.2 Å². The van der Waals surface area contributed by atoms with Crippen LogP contribution in [-0.4, -0.2) is 22.8 Å². The van der Waals surface area contributed by atoms with E-state index in [1.165, 1.54) is 0 Å². The minimum Gasteiger partial charge on any atom is -0.467 e. The predicted molar refractivity (Wildman–Crippen MR) is 62.8 cm³/mol. The van der Waals surface area contributed by atoms with Crippen molar-refractivity contribution in [2.24, 2.45) is 0 Å². The van der Waals surface area contributed by atoms with Gasteiger partial charge in [0.05, 0.1) is 12.8 Å². The first kappa shape index (κ1) is 10.6. The second kappa shape index (κ2) is 4.75. The molecule has 4 heteroatoms. The molecule has 1 aliphatic heterocycles. The summed E-state index contributed by atoms with van der Waals surface area (Å²) in [7, 11) is 0. The average molecular weight is 232 g/mol. The van der Waals surface area contributed by atoms with E-state index in [9.17, 15) is 0 Å². The lowest BCUT2D eigenvalue weighted by Crippen LogP contribution is -2.18. The van der Waals surface area contributed by atoms with Crippen molar-refractivity contribution in [1.29, 1.82) is 0 Å². The highest BCUT2D eigenvalue weighted by atomic mass is 16.5. The molecule has 0 radical (unpaired) electrons. The van der Waals surface area contributed by atoms with Gasteiger partial charge in [-0.25, -0.2) is 4.98 Å². The molecule has 1 saturated heterocycles. The number of rotatable bonds is 3. The number of hydrogen-bond donors (Lipinski definition) is 0. The van der Waals surface area contributed by atoms with Crippen LogP contribution >= 0.6 is 0 Å². The van der Waals surface area contributed by atoms with Crippen LogP contribution in [0.4, 0.5) is 0 Å². The molecule has 0 amide bonds. The Hall–Kier alpha value is -1.55. The second-order valence-electron chi connectivity index (χ2n) is 4.38. The Balaban J connectivity index is 1.78. The summed E-state index contributed by atoms with van der Waals surface area (Å²) >= 11 is 0. The third-order valence-corrected chi connectivity index (χ3v) is 3.24. The molecule has 90 valence electrons. The molecule has 17 heavy (non-hydrogen) atoms. The van der Waals surface area contributed by atoms with Gasteiger partial charge in [-0.05, 0) is 25.0 Å². The van der Waals surface area contributed by atoms with Crippen LogP contribution in [0.3, 0.4) is 0 Å². The van der Waals surface area contributed by atoms with E-state index in [-0.39, 0.29) is 0 Å². The maximum atomic E-state index is 5.39. The van der Waals surface area contributed by atoms with Crippen LogP contribution in [0.25, 0.3) is 0 Å². The summed E-state index contributed by atoms with van der Waals surface area (Å²) in [5.74, 6) is 2.65. The van der Waals surface area contributed by atoms with E-state index in [0.29, 0.717) is 5.92 Å². The van der Waals surface area contributed by atoms with E-state index in [2.05, 4.69) is 9.55 Å². The fraction of sp³-hybridized carbons (Fsp3) is 0.462. The predicted octanol–water partition coefficient (Wildman–Crippen LogP) is 2.42. The third-order valence-electron chi connectivity index (χ3n) is 3.24. The Kier molecular flexibility index (Phi) is 2.96. The Labute approximate surface area is 100 Å². The summed E-state index contributed by atoms with van der Waals surface area (Å²) in [5, 5.41) is 0. The highest BCUT2D eigenvalue weighted by Gasteiger charge is 2.20. The van der Waals surface area contributed by atoms with Crippen LogP contribution in [0, 0.1) is 0 Å². The molecular formula is C13H16N2O2. The maximum Gasteiger partial charge on any atom is 0.123 e. The zero-order valence-corrected chi connectivity index (χ0v) is 9.71. The summed E-state index contributed by atoms with van der Waals surface area (Å²) in [6.07, 6.45) is 7.73. The summed E-state index contributed by atoms with van der Waals surface area (Å²) < 4.78 is 12.9. The molecule has 0 aliphatic carbocycles. The SMILES string of the molecule is c1coc(Cn2ccnc2C2CCOCC2)c1. The molecule has 1 aliphatic rings. The second-order valence-corrected chi connectivity index (χ2v) is 4.38. The van der Waals surface area contributed by atoms with E-state index < -0.39 is 0 Å². The zero-order chi connectivity index (χ0) is 11.5. The van der Waals surface area contributed by atoms with Crippen molar-refractivity contribution in [2.75, 3.05) is 13.2 Å². The minimum atomic E-state index is 0.522. The van der Waals surface area contributed by atoms with Crippen molar-refractivity contribution in [2.45, 2.75) is 25.3 Å². The van der Waals surface area contributed by atoms with E-state index >= 15 is 0 Å². The molecule has 0 bridgehead atoms. The van der Waals surface area contributed by atoms with Gasteiger partial charge in [-0.1, -0.05) is 0 Å². The Bertz CT molecular complexity index is 455. The van der Waals surface area contributed by atoms with Gasteiger partial charge in [0.2, 0.25) is 0 Å². The highest BCUT2D eigenvalue weighted by Crippen LogP contribution is 2.25. The summed E-state index contributed by atoms with van der Waals surface area (Å²) in [6.45, 7) is 2.45. The first-order valence-corrected chi connectivity index (χ1v) is 6.04. The van der Waals surface area contributed by atoms with Crippen molar-refractivity contribution in [3.63, 3.8) is 0 Å². The van der Waals surface area contributed by atoms with Gasteiger partial charge in [0.25, 0.3) is 0 Å². The molecular weight excluding hydrogens is 216 g/mol. The molecule has 4 nitrogen and oxygen atoms in total. The molecule has 1 fully saturated rings. The summed E-state index contributed by atoms with van der Waals surface area (Å²) in [5.41, 5.74) is 0. The molecule has 0 unspecified atom stereocenters. The topological polar surface area (TPSA) is 40.2 Å². The van der Waals surface area contributed by atoms with Crippen molar-refractivity contribution >= 4 is 0 Å². The van der Waals surface area contributed by atoms with Gasteiger partial charge in [-0.3, -0.25) is 0 Å². The lowest BCUT2D eigenvalue weighted by molar-refractivity contribution is 0.0828. The molecule has 0 N–H and O–H groups in total. The number of nitrogens with zero attached hydrogens (tertiary/aromatic N) is 2. The third kappa shape index (κ3) is 2.26. The summed E-state index contributed by atoms with van der Waals surface area (Å²) in [4.78, 5) is 4.49. The quantitative estimate of drug-likeness (QED) is 0.816. The lowest BCUT2D eigenvalue weighted by atomic mass is 9.99. The van der Waals surface area contributed by atoms with Crippen LogP contribution in [-0.2, 0) is 11.3 Å². The molecule has 0 saturated carbocycles. The molecule has 2 aromatic rings. The molecule has 0 aromatic carbocycles. The smallest absolute Gasteiger partial charge is 0.123 e. The lowest BCUT2D eigenvalue weighted by Gasteiger charge is -2.22. The van der Waals surface area contributed by atoms with Gasteiger partial charge in [-0.15, -0.1) is 0 Å². The Morgan fingerprint density at radius 1 is 1.35 bits per heavy atom. The number of imidazole rings is 1. The van der Waals surface area contributed by atoms with Crippen LogP contribution in [0.1, 0.15) is 30.3 Å². The number of ether oxygens (including phenoxy) is 1. The van der Waals surface area contributed by atoms with Crippen LogP contribution in [0.5, 0.6) is 0 Å². The van der Waals surface area contributed by atoms with Crippen molar-refractivity contribution in [3.05, 3.63) is 42.4 Å². The molecule has 3 heterocycles. The van der Waals surface area contributed by atoms with Crippen LogP contribution in [0.15, 0.2) is 35.2 Å². The van der Waals surface area contributed by atoms with E-state index in [1.807, 2.05) is 24.5 Å². The van der Waals surface area contributed by atoms with Crippen LogP contribution in [0.2, 0.25) is 0 Å². The first-order valence-electron chi connectivity index (χ1n) is 6.04. The molecule has 0 spiro atoms. The Morgan fingerprint density at radius 3 is 3.00 bits per heavy atom. The van der Waals surface area contributed by atoms with Crippen molar-refractivity contribution in [3.8, 4) is 0 Å². The number of furan rings is 1. The number of hydrogen-bond acceptors (Lipinski definition) is 3. The van der Waals surface area contributed by atoms with Gasteiger partial charge in [0.15, 0.2) is 0 Å². The van der Waals surface area contributed by atoms with Crippen LogP contribution < -0.4 is 0 Å². The van der Waals surface area contributed by atoms with Gasteiger partial charge in [0, 0.05) is 31.5 Å². The molecule has 2 aromatic heterocycles. The normalized spacial score (nSPS) is 17.4. The van der Waals surface area contributed by atoms with Gasteiger partial charge in [-0.2, -0.15) is 0 Å². The average Bonchev–Trinajstić information content (AvgIpc) is 3.02. The van der Waals surface area contributed by atoms with E-state index in [4.69, 9.17) is 9.15 Å². The molecule has 0 atom stereocenters. The Morgan fingerprint density at radius 2 is 2.24 bits per heavy atom. The van der Waals surface area contributed by atoms with Crippen molar-refractivity contribution < 1.29 is 9.15 Å². The highest BCUT2D eigenvalue weighted by molar-refractivity contribution is 5.06. The standard InChI is InChI=1S/C13H16N2O2/c1-2-12(17-7-1)10-15-6-5-14-13(15)11-3-8-16-9-4-11/h1-2,5-7,11H,3-4,8-10H2. The molecule has 3 rings (SSSR count). The number of aromatic nitrogens is 2. The zero-order valence-electron chi connectivity index (χ0n) is 9.71. The fourth-order valence-corrected chi connectivity index (χ4v) is 2.34. The first-order chi connectivity index (χ1) is 8.43. The van der Waals surface area contributed by atoms with E-state index in [1.54, 1.807) is 6.26 Å². The monoisotopic (exact) mass is 232 g/mol. The van der Waals surface area contributed by atoms with Gasteiger partial charge < -0.3 is 13.7 Å². The summed E-state index contributed by atoms with van der Waals surface area (Å²) in [6, 6.07) is 3.91. The largest absolute Gasteiger partial charge is 0.467 e. The van der Waals surface area contributed by atoms with Gasteiger partial charge in [0.1, 0.15) is 11.6 Å². The fourth-order valence-electron chi connectivity index (χ4n) is 2.34. The minimum absolute atomic E-state index is 0.522. The van der Waals surface area contributed by atoms with Crippen molar-refractivity contribution in [1.82, 2.24) is 9.55 Å². The maximum absolute atomic E-state index is 5.39.